The minimum absolute atomic E-state index is 0.0334. The lowest BCUT2D eigenvalue weighted by molar-refractivity contribution is -0.126. The maximum atomic E-state index is 12.0. The van der Waals surface area contributed by atoms with Gasteiger partial charge in [-0.05, 0) is 24.2 Å². The number of hydrogen-bond acceptors (Lipinski definition) is 2. The Balaban J connectivity index is 2.36. The molecule has 1 amide bonds. The van der Waals surface area contributed by atoms with E-state index in [0.29, 0.717) is 18.4 Å². The number of hydrogen-bond donors (Lipinski definition) is 2. The third kappa shape index (κ3) is 4.30. The Morgan fingerprint density at radius 3 is 2.53 bits per heavy atom. The second kappa shape index (κ2) is 7.00. The molecule has 0 spiro atoms. The smallest absolute Gasteiger partial charge is 0.224 e. The van der Waals surface area contributed by atoms with Crippen LogP contribution in [0.15, 0.2) is 0 Å². The fraction of sp³-hybridized carbons (Fsp3) is 0.929. The number of nitrogens with two attached hydrogens (primary N) is 1. The van der Waals surface area contributed by atoms with E-state index >= 15 is 0 Å². The predicted octanol–water partition coefficient (Wildman–Crippen LogP) is 2.16. The number of rotatable bonds is 5. The van der Waals surface area contributed by atoms with Gasteiger partial charge in [0.05, 0.1) is 5.92 Å². The van der Waals surface area contributed by atoms with E-state index in [0.717, 1.165) is 12.5 Å². The maximum absolute atomic E-state index is 12.0. The monoisotopic (exact) mass is 240 g/mol. The molecule has 3 heteroatoms. The Morgan fingerprint density at radius 1 is 1.35 bits per heavy atom. The van der Waals surface area contributed by atoms with Crippen LogP contribution in [0.3, 0.4) is 0 Å². The molecule has 1 fully saturated rings. The summed E-state index contributed by atoms with van der Waals surface area (Å²) in [6.45, 7) is 7.70. The molecule has 1 aliphatic rings. The molecule has 1 aliphatic carbocycles. The molecule has 0 aromatic carbocycles. The van der Waals surface area contributed by atoms with Crippen molar-refractivity contribution in [3.05, 3.63) is 0 Å². The van der Waals surface area contributed by atoms with Crippen molar-refractivity contribution in [2.45, 2.75) is 46.5 Å². The SMILES string of the molecule is CC(C)C(CN)C(=O)NCC1CCCCC1C. The summed E-state index contributed by atoms with van der Waals surface area (Å²) in [6, 6.07) is 0. The Morgan fingerprint density at radius 2 is 2.00 bits per heavy atom. The Labute approximate surface area is 106 Å². The minimum Gasteiger partial charge on any atom is -0.356 e. The van der Waals surface area contributed by atoms with Crippen LogP contribution in [0.1, 0.15) is 46.5 Å². The zero-order chi connectivity index (χ0) is 12.8. The van der Waals surface area contributed by atoms with E-state index in [4.69, 9.17) is 5.73 Å². The summed E-state index contributed by atoms with van der Waals surface area (Å²) in [5.41, 5.74) is 5.65. The van der Waals surface area contributed by atoms with E-state index < -0.39 is 0 Å². The third-order valence-corrected chi connectivity index (χ3v) is 4.22. The molecular formula is C14H28N2O. The molecule has 100 valence electrons. The molecule has 0 bridgehead atoms. The largest absolute Gasteiger partial charge is 0.356 e. The molecule has 0 saturated heterocycles. The van der Waals surface area contributed by atoms with Gasteiger partial charge < -0.3 is 11.1 Å². The average Bonchev–Trinajstić information content (AvgIpc) is 2.28. The number of amides is 1. The molecule has 1 rings (SSSR count). The molecule has 3 N–H and O–H groups in total. The van der Waals surface area contributed by atoms with E-state index in [1.54, 1.807) is 0 Å². The first-order chi connectivity index (χ1) is 8.06. The summed E-state index contributed by atoms with van der Waals surface area (Å²) >= 11 is 0. The predicted molar refractivity (Wildman–Crippen MR) is 71.5 cm³/mol. The molecule has 3 nitrogen and oxygen atoms in total. The van der Waals surface area contributed by atoms with Crippen LogP contribution in [0.25, 0.3) is 0 Å². The van der Waals surface area contributed by atoms with Crippen molar-refractivity contribution in [1.82, 2.24) is 5.32 Å². The standard InChI is InChI=1S/C14H28N2O/c1-10(2)13(8-15)14(17)16-9-12-7-5-4-6-11(12)3/h10-13H,4-9,15H2,1-3H3,(H,16,17). The summed E-state index contributed by atoms with van der Waals surface area (Å²) in [4.78, 5) is 12.0. The molecule has 3 unspecified atom stereocenters. The van der Waals surface area contributed by atoms with Gasteiger partial charge in [-0.25, -0.2) is 0 Å². The van der Waals surface area contributed by atoms with E-state index in [9.17, 15) is 4.79 Å². The van der Waals surface area contributed by atoms with Crippen LogP contribution in [-0.2, 0) is 4.79 Å². The van der Waals surface area contributed by atoms with E-state index in [2.05, 4.69) is 26.1 Å². The Kier molecular flexibility index (Phi) is 5.96. The van der Waals surface area contributed by atoms with Crippen molar-refractivity contribution < 1.29 is 4.79 Å². The zero-order valence-electron chi connectivity index (χ0n) is 11.5. The lowest BCUT2D eigenvalue weighted by Gasteiger charge is -2.29. The quantitative estimate of drug-likeness (QED) is 0.773. The highest BCUT2D eigenvalue weighted by atomic mass is 16.1. The van der Waals surface area contributed by atoms with Crippen LogP contribution in [0.2, 0.25) is 0 Å². The van der Waals surface area contributed by atoms with E-state index in [1.807, 2.05) is 0 Å². The molecule has 3 atom stereocenters. The van der Waals surface area contributed by atoms with E-state index in [1.165, 1.54) is 25.7 Å². The molecule has 17 heavy (non-hydrogen) atoms. The summed E-state index contributed by atoms with van der Waals surface area (Å²) in [5, 5.41) is 3.10. The van der Waals surface area contributed by atoms with Gasteiger partial charge in [0.25, 0.3) is 0 Å². The second-order valence-electron chi connectivity index (χ2n) is 5.85. The van der Waals surface area contributed by atoms with Gasteiger partial charge in [-0.15, -0.1) is 0 Å². The normalized spacial score (nSPS) is 26.9. The van der Waals surface area contributed by atoms with Crippen LogP contribution >= 0.6 is 0 Å². The van der Waals surface area contributed by atoms with Crippen molar-refractivity contribution >= 4 is 5.91 Å². The molecule has 0 aliphatic heterocycles. The highest BCUT2D eigenvalue weighted by Gasteiger charge is 2.24. The maximum Gasteiger partial charge on any atom is 0.224 e. The lowest BCUT2D eigenvalue weighted by Crippen LogP contribution is -2.41. The van der Waals surface area contributed by atoms with Gasteiger partial charge in [-0.1, -0.05) is 40.0 Å². The first-order valence-electron chi connectivity index (χ1n) is 7.04. The van der Waals surface area contributed by atoms with Gasteiger partial charge in [0.2, 0.25) is 5.91 Å². The first kappa shape index (κ1) is 14.5. The van der Waals surface area contributed by atoms with Crippen LogP contribution in [0, 0.1) is 23.7 Å². The van der Waals surface area contributed by atoms with Crippen molar-refractivity contribution in [3.63, 3.8) is 0 Å². The third-order valence-electron chi connectivity index (χ3n) is 4.22. The second-order valence-corrected chi connectivity index (χ2v) is 5.85. The van der Waals surface area contributed by atoms with Gasteiger partial charge in [-0.2, -0.15) is 0 Å². The molecular weight excluding hydrogens is 212 g/mol. The number of carbonyl (C=O) groups is 1. The summed E-state index contributed by atoms with van der Waals surface area (Å²) in [5.74, 6) is 1.84. The summed E-state index contributed by atoms with van der Waals surface area (Å²) < 4.78 is 0. The van der Waals surface area contributed by atoms with Gasteiger partial charge >= 0.3 is 0 Å². The van der Waals surface area contributed by atoms with Crippen LogP contribution < -0.4 is 11.1 Å². The van der Waals surface area contributed by atoms with Crippen LogP contribution in [-0.4, -0.2) is 19.0 Å². The Hall–Kier alpha value is -0.570. The average molecular weight is 240 g/mol. The van der Waals surface area contributed by atoms with Crippen molar-refractivity contribution in [2.75, 3.05) is 13.1 Å². The van der Waals surface area contributed by atoms with Crippen LogP contribution in [0.5, 0.6) is 0 Å². The number of carbonyl (C=O) groups excluding carboxylic acids is 1. The molecule has 1 saturated carbocycles. The lowest BCUT2D eigenvalue weighted by atomic mass is 9.80. The Bertz CT molecular complexity index is 240. The summed E-state index contributed by atoms with van der Waals surface area (Å²) in [7, 11) is 0. The highest BCUT2D eigenvalue weighted by molar-refractivity contribution is 5.79. The van der Waals surface area contributed by atoms with Gasteiger partial charge in [0, 0.05) is 13.1 Å². The van der Waals surface area contributed by atoms with Gasteiger partial charge in [0.15, 0.2) is 0 Å². The molecule has 0 aromatic rings. The molecule has 0 aromatic heterocycles. The number of nitrogens with one attached hydrogen (secondary N) is 1. The zero-order valence-corrected chi connectivity index (χ0v) is 11.5. The van der Waals surface area contributed by atoms with Crippen LogP contribution in [0.4, 0.5) is 0 Å². The highest BCUT2D eigenvalue weighted by Crippen LogP contribution is 2.28. The fourth-order valence-electron chi connectivity index (χ4n) is 2.74. The molecule has 0 radical (unpaired) electrons. The van der Waals surface area contributed by atoms with Gasteiger partial charge in [0.1, 0.15) is 0 Å². The fourth-order valence-corrected chi connectivity index (χ4v) is 2.74. The van der Waals surface area contributed by atoms with Crippen molar-refractivity contribution in [2.24, 2.45) is 29.4 Å². The summed E-state index contributed by atoms with van der Waals surface area (Å²) in [6.07, 6.45) is 5.24. The van der Waals surface area contributed by atoms with Crippen molar-refractivity contribution in [3.8, 4) is 0 Å². The first-order valence-corrected chi connectivity index (χ1v) is 7.04. The van der Waals surface area contributed by atoms with E-state index in [-0.39, 0.29) is 11.8 Å². The molecule has 0 heterocycles. The topological polar surface area (TPSA) is 55.1 Å². The minimum atomic E-state index is -0.0334. The van der Waals surface area contributed by atoms with Gasteiger partial charge in [-0.3, -0.25) is 4.79 Å². The van der Waals surface area contributed by atoms with Crippen molar-refractivity contribution in [1.29, 1.82) is 0 Å².